The summed E-state index contributed by atoms with van der Waals surface area (Å²) >= 11 is 12.0. The van der Waals surface area contributed by atoms with E-state index in [2.05, 4.69) is 15.1 Å². The zero-order valence-corrected chi connectivity index (χ0v) is 18.9. The van der Waals surface area contributed by atoms with Gasteiger partial charge < -0.3 is 5.32 Å². The summed E-state index contributed by atoms with van der Waals surface area (Å²) in [6, 6.07) is 4.64. The second kappa shape index (κ2) is 8.15. The highest BCUT2D eigenvalue weighted by Crippen LogP contribution is 2.51. The number of benzene rings is 1. The smallest absolute Gasteiger partial charge is 0.252 e. The first kappa shape index (κ1) is 21.6. The van der Waals surface area contributed by atoms with Crippen LogP contribution in [0.1, 0.15) is 42.5 Å². The van der Waals surface area contributed by atoms with Gasteiger partial charge in [0, 0.05) is 30.9 Å². The number of hydrogen-bond acceptors (Lipinski definition) is 4. The van der Waals surface area contributed by atoms with Crippen LogP contribution in [0, 0.1) is 11.3 Å². The summed E-state index contributed by atoms with van der Waals surface area (Å²) in [7, 11) is -1.92. The van der Waals surface area contributed by atoms with Gasteiger partial charge in [-0.3, -0.25) is 9.48 Å². The van der Waals surface area contributed by atoms with Crippen LogP contribution in [-0.2, 0) is 17.1 Å². The van der Waals surface area contributed by atoms with Gasteiger partial charge in [-0.15, -0.1) is 0 Å². The van der Waals surface area contributed by atoms with Crippen molar-refractivity contribution in [2.45, 2.75) is 43.0 Å². The van der Waals surface area contributed by atoms with Gasteiger partial charge in [-0.2, -0.15) is 5.10 Å². The number of nitrogens with one attached hydrogen (secondary N) is 2. The Morgan fingerprint density at radius 3 is 2.63 bits per heavy atom. The largest absolute Gasteiger partial charge is 0.351 e. The van der Waals surface area contributed by atoms with Crippen molar-refractivity contribution in [3.63, 3.8) is 0 Å². The third-order valence-corrected chi connectivity index (χ3v) is 7.91. The number of halogens is 2. The molecule has 2 aliphatic rings. The Bertz CT molecular complexity index is 1060. The number of amides is 1. The monoisotopic (exact) mass is 470 g/mol. The van der Waals surface area contributed by atoms with E-state index in [-0.39, 0.29) is 22.3 Å². The molecule has 2 saturated carbocycles. The predicted molar refractivity (Wildman–Crippen MR) is 115 cm³/mol. The van der Waals surface area contributed by atoms with Crippen molar-refractivity contribution in [1.29, 1.82) is 0 Å². The molecule has 30 heavy (non-hydrogen) atoms. The molecule has 0 saturated heterocycles. The fourth-order valence-electron chi connectivity index (χ4n) is 4.25. The summed E-state index contributed by atoms with van der Waals surface area (Å²) in [5.74, 6) is 0.420. The van der Waals surface area contributed by atoms with Crippen LogP contribution >= 0.6 is 23.2 Å². The molecular weight excluding hydrogens is 447 g/mol. The van der Waals surface area contributed by atoms with E-state index in [1.807, 2.05) is 0 Å². The molecule has 0 atom stereocenters. The normalized spacial score (nSPS) is 23.8. The summed E-state index contributed by atoms with van der Waals surface area (Å²) in [4.78, 5) is 12.8. The number of aryl methyl sites for hydroxylation is 1. The van der Waals surface area contributed by atoms with Gasteiger partial charge in [0.25, 0.3) is 5.91 Å². The highest BCUT2D eigenvalue weighted by Gasteiger charge is 2.48. The van der Waals surface area contributed by atoms with E-state index in [4.69, 9.17) is 23.2 Å². The third-order valence-electron chi connectivity index (χ3n) is 5.89. The van der Waals surface area contributed by atoms with Crippen molar-refractivity contribution in [3.05, 3.63) is 46.2 Å². The van der Waals surface area contributed by atoms with Crippen LogP contribution < -0.4 is 10.0 Å². The fraction of sp³-hybridized carbons (Fsp3) is 0.500. The Hall–Kier alpha value is -1.61. The molecule has 4 rings (SSSR count). The second-order valence-electron chi connectivity index (χ2n) is 8.53. The molecule has 0 spiro atoms. The number of hydrogen-bond donors (Lipinski definition) is 2. The molecule has 0 radical (unpaired) electrons. The number of sulfonamides is 1. The molecule has 2 N–H and O–H groups in total. The molecular formula is C20H24Cl2N4O3S. The van der Waals surface area contributed by atoms with Crippen LogP contribution in [0.25, 0.3) is 0 Å². The van der Waals surface area contributed by atoms with Crippen LogP contribution in [0.3, 0.4) is 0 Å². The van der Waals surface area contributed by atoms with Crippen molar-refractivity contribution in [1.82, 2.24) is 19.8 Å². The van der Waals surface area contributed by atoms with Crippen LogP contribution in [0.2, 0.25) is 10.0 Å². The van der Waals surface area contributed by atoms with E-state index in [1.165, 1.54) is 29.9 Å². The summed E-state index contributed by atoms with van der Waals surface area (Å²) in [6.07, 6.45) is 7.60. The SMILES string of the molecule is Cn1cc(S(=O)(=O)NC2CC(CNC(=O)c3ccc(Cl)cc3Cl)(CC3CC3)C2)cn1. The molecule has 1 aromatic heterocycles. The quantitative estimate of drug-likeness (QED) is 0.618. The minimum Gasteiger partial charge on any atom is -0.351 e. The lowest BCUT2D eigenvalue weighted by Crippen LogP contribution is -2.55. The average molecular weight is 471 g/mol. The zero-order valence-electron chi connectivity index (χ0n) is 16.6. The van der Waals surface area contributed by atoms with Gasteiger partial charge in [-0.1, -0.05) is 36.0 Å². The highest BCUT2D eigenvalue weighted by atomic mass is 35.5. The minimum atomic E-state index is -3.60. The number of rotatable bonds is 8. The van der Waals surface area contributed by atoms with Gasteiger partial charge in [0.15, 0.2) is 0 Å². The van der Waals surface area contributed by atoms with Crippen LogP contribution in [0.15, 0.2) is 35.5 Å². The number of carbonyl (C=O) groups excluding carboxylic acids is 1. The van der Waals surface area contributed by atoms with Crippen molar-refractivity contribution < 1.29 is 13.2 Å². The third kappa shape index (κ3) is 4.82. The molecule has 2 fully saturated rings. The molecule has 1 aromatic carbocycles. The lowest BCUT2D eigenvalue weighted by Gasteiger charge is -2.48. The molecule has 1 heterocycles. The Labute approximate surface area is 186 Å². The topological polar surface area (TPSA) is 93.1 Å². The molecule has 0 unspecified atom stereocenters. The molecule has 10 heteroatoms. The average Bonchev–Trinajstić information content (AvgIpc) is 3.34. The zero-order chi connectivity index (χ0) is 21.5. The van der Waals surface area contributed by atoms with Crippen LogP contribution in [-0.4, -0.2) is 36.7 Å². The van der Waals surface area contributed by atoms with Crippen molar-refractivity contribution in [3.8, 4) is 0 Å². The first-order valence-corrected chi connectivity index (χ1v) is 12.1. The number of nitrogens with zero attached hydrogens (tertiary/aromatic N) is 2. The molecule has 2 aliphatic carbocycles. The predicted octanol–water partition coefficient (Wildman–Crippen LogP) is 3.38. The van der Waals surface area contributed by atoms with Crippen LogP contribution in [0.5, 0.6) is 0 Å². The van der Waals surface area contributed by atoms with E-state index < -0.39 is 10.0 Å². The number of aromatic nitrogens is 2. The van der Waals surface area contributed by atoms with E-state index in [0.717, 1.165) is 6.42 Å². The first-order valence-electron chi connectivity index (χ1n) is 9.90. The molecule has 2 aromatic rings. The molecule has 162 valence electrons. The van der Waals surface area contributed by atoms with Crippen molar-refractivity contribution >= 4 is 39.1 Å². The van der Waals surface area contributed by atoms with E-state index >= 15 is 0 Å². The maximum Gasteiger partial charge on any atom is 0.252 e. The molecule has 7 nitrogen and oxygen atoms in total. The Kier molecular flexibility index (Phi) is 5.87. The van der Waals surface area contributed by atoms with Crippen molar-refractivity contribution in [2.75, 3.05) is 6.54 Å². The van der Waals surface area contributed by atoms with Gasteiger partial charge in [0.1, 0.15) is 4.90 Å². The van der Waals surface area contributed by atoms with E-state index in [1.54, 1.807) is 25.2 Å². The standard InChI is InChI=1S/C20H24Cl2N4O3S/c1-26-11-16(10-24-26)30(28,29)25-15-8-20(9-15,7-13-2-3-13)12-23-19(27)17-5-4-14(21)6-18(17)22/h4-6,10-11,13,15,25H,2-3,7-9,12H2,1H3,(H,23,27). The van der Waals surface area contributed by atoms with Gasteiger partial charge in [0.2, 0.25) is 10.0 Å². The van der Waals surface area contributed by atoms with Gasteiger partial charge in [-0.05, 0) is 48.8 Å². The summed E-state index contributed by atoms with van der Waals surface area (Å²) in [6.45, 7) is 0.492. The molecule has 0 aliphatic heterocycles. The summed E-state index contributed by atoms with van der Waals surface area (Å²) in [5.41, 5.74) is 0.286. The Morgan fingerprint density at radius 2 is 2.03 bits per heavy atom. The molecule has 1 amide bonds. The van der Waals surface area contributed by atoms with E-state index in [0.29, 0.717) is 40.9 Å². The maximum absolute atomic E-state index is 12.6. The Balaban J connectivity index is 1.38. The van der Waals surface area contributed by atoms with Crippen molar-refractivity contribution in [2.24, 2.45) is 18.4 Å². The lowest BCUT2D eigenvalue weighted by atomic mass is 9.63. The number of carbonyl (C=O) groups is 1. The first-order chi connectivity index (χ1) is 14.2. The lowest BCUT2D eigenvalue weighted by molar-refractivity contribution is 0.0661. The maximum atomic E-state index is 12.6. The fourth-order valence-corrected chi connectivity index (χ4v) is 5.96. The summed E-state index contributed by atoms with van der Waals surface area (Å²) in [5, 5.41) is 7.72. The van der Waals surface area contributed by atoms with Gasteiger partial charge >= 0.3 is 0 Å². The molecule has 0 bridgehead atoms. The van der Waals surface area contributed by atoms with E-state index in [9.17, 15) is 13.2 Å². The van der Waals surface area contributed by atoms with Gasteiger partial charge in [-0.25, -0.2) is 13.1 Å². The summed E-state index contributed by atoms with van der Waals surface area (Å²) < 4.78 is 29.3. The van der Waals surface area contributed by atoms with Crippen LogP contribution in [0.4, 0.5) is 0 Å². The second-order valence-corrected chi connectivity index (χ2v) is 11.1. The Morgan fingerprint density at radius 1 is 1.30 bits per heavy atom. The minimum absolute atomic E-state index is 0.0994. The van der Waals surface area contributed by atoms with Gasteiger partial charge in [0.05, 0.1) is 16.8 Å². The highest BCUT2D eigenvalue weighted by molar-refractivity contribution is 7.89.